The third-order valence-corrected chi connectivity index (χ3v) is 4.34. The van der Waals surface area contributed by atoms with Gasteiger partial charge in [-0.15, -0.1) is 0 Å². The van der Waals surface area contributed by atoms with E-state index in [4.69, 9.17) is 4.74 Å². The van der Waals surface area contributed by atoms with E-state index < -0.39 is 0 Å². The first-order valence-corrected chi connectivity index (χ1v) is 8.31. The number of carbonyl (C=O) groups is 1. The summed E-state index contributed by atoms with van der Waals surface area (Å²) >= 11 is 3.42. The molecule has 0 radical (unpaired) electrons. The zero-order chi connectivity index (χ0) is 16.2. The third-order valence-electron chi connectivity index (χ3n) is 3.74. The molecule has 23 heavy (non-hydrogen) atoms. The SMILES string of the molecule is Cc1ccc(NC(=O)N2CCC(Oc3ncccc3Br)C2)cc1. The number of hydrogen-bond donors (Lipinski definition) is 1. The van der Waals surface area contributed by atoms with Crippen LogP contribution in [0.5, 0.6) is 5.88 Å². The minimum atomic E-state index is -0.0972. The van der Waals surface area contributed by atoms with Gasteiger partial charge >= 0.3 is 6.03 Å². The zero-order valence-corrected chi connectivity index (χ0v) is 14.4. The van der Waals surface area contributed by atoms with Crippen molar-refractivity contribution in [2.45, 2.75) is 19.4 Å². The van der Waals surface area contributed by atoms with Crippen LogP contribution >= 0.6 is 15.9 Å². The highest BCUT2D eigenvalue weighted by molar-refractivity contribution is 9.10. The summed E-state index contributed by atoms with van der Waals surface area (Å²) in [5.74, 6) is 0.568. The molecule has 2 amide bonds. The van der Waals surface area contributed by atoms with Crippen LogP contribution in [-0.2, 0) is 0 Å². The number of nitrogens with one attached hydrogen (secondary N) is 1. The largest absolute Gasteiger partial charge is 0.472 e. The quantitative estimate of drug-likeness (QED) is 0.886. The molecular weight excluding hydrogens is 358 g/mol. The van der Waals surface area contributed by atoms with Crippen molar-refractivity contribution in [3.05, 3.63) is 52.6 Å². The van der Waals surface area contributed by atoms with E-state index in [0.29, 0.717) is 19.0 Å². The van der Waals surface area contributed by atoms with Gasteiger partial charge in [0.1, 0.15) is 6.10 Å². The van der Waals surface area contributed by atoms with Crippen LogP contribution in [0.3, 0.4) is 0 Å². The fourth-order valence-electron chi connectivity index (χ4n) is 2.46. The second-order valence-electron chi connectivity index (χ2n) is 5.56. The van der Waals surface area contributed by atoms with Gasteiger partial charge in [-0.1, -0.05) is 17.7 Å². The van der Waals surface area contributed by atoms with E-state index in [2.05, 4.69) is 26.2 Å². The molecule has 1 N–H and O–H groups in total. The van der Waals surface area contributed by atoms with E-state index in [1.807, 2.05) is 43.3 Å². The fraction of sp³-hybridized carbons (Fsp3) is 0.294. The molecule has 2 aromatic rings. The van der Waals surface area contributed by atoms with Gasteiger partial charge in [0.15, 0.2) is 0 Å². The monoisotopic (exact) mass is 375 g/mol. The van der Waals surface area contributed by atoms with Crippen molar-refractivity contribution in [2.75, 3.05) is 18.4 Å². The number of urea groups is 1. The van der Waals surface area contributed by atoms with Crippen molar-refractivity contribution in [1.29, 1.82) is 0 Å². The van der Waals surface area contributed by atoms with Crippen molar-refractivity contribution in [1.82, 2.24) is 9.88 Å². The number of benzene rings is 1. The number of likely N-dealkylation sites (tertiary alicyclic amines) is 1. The maximum absolute atomic E-state index is 12.3. The number of rotatable bonds is 3. The van der Waals surface area contributed by atoms with Gasteiger partial charge in [0.25, 0.3) is 0 Å². The number of ether oxygens (including phenoxy) is 1. The summed E-state index contributed by atoms with van der Waals surface area (Å²) in [5.41, 5.74) is 1.97. The first-order chi connectivity index (χ1) is 11.1. The van der Waals surface area contributed by atoms with E-state index in [1.54, 1.807) is 11.1 Å². The maximum atomic E-state index is 12.3. The van der Waals surface area contributed by atoms with Gasteiger partial charge in [0.2, 0.25) is 5.88 Å². The number of nitrogens with zero attached hydrogens (tertiary/aromatic N) is 2. The van der Waals surface area contributed by atoms with Crippen molar-refractivity contribution in [2.24, 2.45) is 0 Å². The van der Waals surface area contributed by atoms with E-state index >= 15 is 0 Å². The summed E-state index contributed by atoms with van der Waals surface area (Å²) in [4.78, 5) is 18.3. The Bertz CT molecular complexity index is 690. The Morgan fingerprint density at radius 3 is 2.87 bits per heavy atom. The van der Waals surface area contributed by atoms with Crippen molar-refractivity contribution >= 4 is 27.6 Å². The summed E-state index contributed by atoms with van der Waals surface area (Å²) in [6.45, 7) is 3.25. The number of halogens is 1. The van der Waals surface area contributed by atoms with Gasteiger partial charge in [-0.2, -0.15) is 0 Å². The van der Waals surface area contributed by atoms with Gasteiger partial charge in [-0.3, -0.25) is 0 Å². The van der Waals surface area contributed by atoms with Crippen LogP contribution < -0.4 is 10.1 Å². The Morgan fingerprint density at radius 2 is 2.13 bits per heavy atom. The highest BCUT2D eigenvalue weighted by atomic mass is 79.9. The molecule has 5 nitrogen and oxygen atoms in total. The topological polar surface area (TPSA) is 54.5 Å². The molecule has 1 unspecified atom stereocenters. The minimum Gasteiger partial charge on any atom is -0.472 e. The number of aromatic nitrogens is 1. The molecule has 1 fully saturated rings. The molecule has 0 saturated carbocycles. The van der Waals surface area contributed by atoms with Crippen LogP contribution in [0, 0.1) is 6.92 Å². The highest BCUT2D eigenvalue weighted by Gasteiger charge is 2.28. The summed E-state index contributed by atoms with van der Waals surface area (Å²) in [7, 11) is 0. The van der Waals surface area contributed by atoms with Gasteiger partial charge in [0.05, 0.1) is 11.0 Å². The number of hydrogen-bond acceptors (Lipinski definition) is 3. The lowest BCUT2D eigenvalue weighted by atomic mass is 10.2. The lowest BCUT2D eigenvalue weighted by molar-refractivity contribution is 0.189. The van der Waals surface area contributed by atoms with E-state index in [1.165, 1.54) is 5.56 Å². The molecular formula is C17H18BrN3O2. The van der Waals surface area contributed by atoms with E-state index in [9.17, 15) is 4.79 Å². The summed E-state index contributed by atoms with van der Waals surface area (Å²) in [5, 5.41) is 2.91. The summed E-state index contributed by atoms with van der Waals surface area (Å²) in [6, 6.07) is 11.4. The second kappa shape index (κ2) is 7.00. The number of aryl methyl sites for hydroxylation is 1. The Labute approximate surface area is 143 Å². The first kappa shape index (κ1) is 15.8. The molecule has 0 bridgehead atoms. The smallest absolute Gasteiger partial charge is 0.321 e. The van der Waals surface area contributed by atoms with Crippen LogP contribution in [0.25, 0.3) is 0 Å². The van der Waals surface area contributed by atoms with Crippen LogP contribution in [0.2, 0.25) is 0 Å². The normalized spacial score (nSPS) is 17.1. The average molecular weight is 376 g/mol. The number of carbonyl (C=O) groups excluding carboxylic acids is 1. The molecule has 1 aromatic carbocycles. The molecule has 0 aliphatic carbocycles. The highest BCUT2D eigenvalue weighted by Crippen LogP contribution is 2.24. The molecule has 3 rings (SSSR count). The molecule has 120 valence electrons. The Kier molecular flexibility index (Phi) is 4.81. The molecule has 1 aliphatic rings. The first-order valence-electron chi connectivity index (χ1n) is 7.51. The number of amides is 2. The molecule has 1 aromatic heterocycles. The molecule has 1 atom stereocenters. The zero-order valence-electron chi connectivity index (χ0n) is 12.8. The van der Waals surface area contributed by atoms with Crippen molar-refractivity contribution < 1.29 is 9.53 Å². The molecule has 6 heteroatoms. The fourth-order valence-corrected chi connectivity index (χ4v) is 2.81. The standard InChI is InChI=1S/C17H18BrN3O2/c1-12-4-6-13(7-5-12)20-17(22)21-10-8-14(11-21)23-16-15(18)3-2-9-19-16/h2-7,9,14H,8,10-11H2,1H3,(H,20,22). The third kappa shape index (κ3) is 4.01. The van der Waals surface area contributed by atoms with Crippen LogP contribution in [0.4, 0.5) is 10.5 Å². The number of pyridine rings is 1. The van der Waals surface area contributed by atoms with Gasteiger partial charge < -0.3 is 15.0 Å². The molecule has 1 aliphatic heterocycles. The second-order valence-corrected chi connectivity index (χ2v) is 6.42. The van der Waals surface area contributed by atoms with E-state index in [0.717, 1.165) is 16.6 Å². The van der Waals surface area contributed by atoms with Crippen molar-refractivity contribution in [3.8, 4) is 5.88 Å². The number of anilines is 1. The Hall–Kier alpha value is -2.08. The Balaban J connectivity index is 1.55. The molecule has 0 spiro atoms. The van der Waals surface area contributed by atoms with Crippen LogP contribution in [-0.4, -0.2) is 35.1 Å². The minimum absolute atomic E-state index is 0.0371. The predicted octanol–water partition coefficient (Wildman–Crippen LogP) is 3.84. The van der Waals surface area contributed by atoms with Gasteiger partial charge in [0, 0.05) is 24.8 Å². The predicted molar refractivity (Wildman–Crippen MR) is 92.7 cm³/mol. The lowest BCUT2D eigenvalue weighted by Crippen LogP contribution is -2.34. The summed E-state index contributed by atoms with van der Waals surface area (Å²) in [6.07, 6.45) is 2.45. The lowest BCUT2D eigenvalue weighted by Gasteiger charge is -2.18. The van der Waals surface area contributed by atoms with Crippen molar-refractivity contribution in [3.63, 3.8) is 0 Å². The van der Waals surface area contributed by atoms with Crippen LogP contribution in [0.1, 0.15) is 12.0 Å². The van der Waals surface area contributed by atoms with Gasteiger partial charge in [-0.25, -0.2) is 9.78 Å². The van der Waals surface area contributed by atoms with E-state index in [-0.39, 0.29) is 12.1 Å². The average Bonchev–Trinajstić information content (AvgIpc) is 3.01. The maximum Gasteiger partial charge on any atom is 0.321 e. The van der Waals surface area contributed by atoms with Crippen LogP contribution in [0.15, 0.2) is 47.1 Å². The van der Waals surface area contributed by atoms with Gasteiger partial charge in [-0.05, 0) is 47.1 Å². The summed E-state index contributed by atoms with van der Waals surface area (Å²) < 4.78 is 6.69. The molecule has 2 heterocycles. The molecule has 1 saturated heterocycles. The Morgan fingerprint density at radius 1 is 1.35 bits per heavy atom.